The van der Waals surface area contributed by atoms with Gasteiger partial charge in [0.25, 0.3) is 0 Å². The van der Waals surface area contributed by atoms with Gasteiger partial charge in [-0.25, -0.2) is 4.79 Å². The minimum Gasteiger partial charge on any atom is -0.444 e. The smallest absolute Gasteiger partial charge is 0.413 e. The zero-order valence-electron chi connectivity index (χ0n) is 21.3. The molecule has 186 valence electrons. The van der Waals surface area contributed by atoms with Crippen LogP contribution in [0.5, 0.6) is 0 Å². The summed E-state index contributed by atoms with van der Waals surface area (Å²) in [6.07, 6.45) is 10.6. The molecular weight excluding hydrogens is 406 g/mol. The molecule has 0 unspecified atom stereocenters. The summed E-state index contributed by atoms with van der Waals surface area (Å²) in [6, 6.07) is -0.642. The molecule has 1 aliphatic rings. The monoisotopic (exact) mass is 453 g/mol. The first-order chi connectivity index (χ1) is 15.0. The van der Waals surface area contributed by atoms with Gasteiger partial charge in [0, 0.05) is 0 Å². The molecule has 0 bridgehead atoms. The highest BCUT2D eigenvalue weighted by Gasteiger charge is 2.48. The quantitative estimate of drug-likeness (QED) is 0.306. The number of nitrogens with zero attached hydrogens (tertiary/aromatic N) is 1. The van der Waals surface area contributed by atoms with Crippen molar-refractivity contribution in [2.24, 2.45) is 0 Å². The van der Waals surface area contributed by atoms with Crippen molar-refractivity contribution in [3.63, 3.8) is 0 Å². The van der Waals surface area contributed by atoms with Crippen LogP contribution in [0, 0.1) is 11.8 Å². The Morgan fingerprint density at radius 3 is 2.09 bits per heavy atom. The van der Waals surface area contributed by atoms with E-state index in [4.69, 9.17) is 9.47 Å². The zero-order chi connectivity index (χ0) is 24.2. The van der Waals surface area contributed by atoms with Crippen molar-refractivity contribution < 1.29 is 24.5 Å². The van der Waals surface area contributed by atoms with Gasteiger partial charge in [0.05, 0.1) is 12.6 Å². The van der Waals surface area contributed by atoms with Gasteiger partial charge in [-0.1, -0.05) is 76.6 Å². The number of unbranched alkanes of at least 4 members (excludes halogenated alkanes) is 9. The zero-order valence-corrected chi connectivity index (χ0v) is 21.3. The number of carbonyl (C=O) groups is 1. The predicted molar refractivity (Wildman–Crippen MR) is 128 cm³/mol. The second-order valence-corrected chi connectivity index (χ2v) is 10.4. The summed E-state index contributed by atoms with van der Waals surface area (Å²) in [5.74, 6) is 5.47. The molecule has 6 nitrogen and oxygen atoms in total. The van der Waals surface area contributed by atoms with Crippen LogP contribution >= 0.6 is 0 Å². The average molecular weight is 454 g/mol. The van der Waals surface area contributed by atoms with E-state index in [-0.39, 0.29) is 6.61 Å². The Labute approximate surface area is 196 Å². The Bertz CT molecular complexity index is 602. The molecule has 0 radical (unpaired) electrons. The van der Waals surface area contributed by atoms with E-state index in [1.54, 1.807) is 34.6 Å². The van der Waals surface area contributed by atoms with Crippen molar-refractivity contribution >= 4 is 6.09 Å². The van der Waals surface area contributed by atoms with E-state index in [0.29, 0.717) is 6.42 Å². The minimum absolute atomic E-state index is 0.163. The van der Waals surface area contributed by atoms with Crippen molar-refractivity contribution in [1.29, 1.82) is 0 Å². The normalized spacial score (nSPS) is 19.9. The Morgan fingerprint density at radius 1 is 1.03 bits per heavy atom. The Kier molecular flexibility index (Phi) is 12.6. The van der Waals surface area contributed by atoms with Gasteiger partial charge in [0.1, 0.15) is 23.5 Å². The SMILES string of the molecule is CCCCCCCCCCCC[C@@H](O)C#C[C@@H](O)[C@@H]1COC(C)(C)N1C(=O)OC(C)(C)C. The van der Waals surface area contributed by atoms with Crippen LogP contribution in [0.4, 0.5) is 4.79 Å². The maximum Gasteiger partial charge on any atom is 0.413 e. The number of ether oxygens (including phenoxy) is 2. The van der Waals surface area contributed by atoms with Crippen LogP contribution in [-0.2, 0) is 9.47 Å². The van der Waals surface area contributed by atoms with Gasteiger partial charge in [-0.05, 0) is 47.5 Å². The maximum absolute atomic E-state index is 12.7. The fourth-order valence-corrected chi connectivity index (χ4v) is 3.91. The first-order valence-electron chi connectivity index (χ1n) is 12.5. The summed E-state index contributed by atoms with van der Waals surface area (Å²) in [5.41, 5.74) is -1.55. The summed E-state index contributed by atoms with van der Waals surface area (Å²) in [5, 5.41) is 20.8. The van der Waals surface area contributed by atoms with Gasteiger partial charge in [0.15, 0.2) is 0 Å². The van der Waals surface area contributed by atoms with Gasteiger partial charge >= 0.3 is 6.09 Å². The second kappa shape index (κ2) is 14.1. The van der Waals surface area contributed by atoms with Gasteiger partial charge < -0.3 is 19.7 Å². The lowest BCUT2D eigenvalue weighted by Gasteiger charge is -2.35. The molecule has 32 heavy (non-hydrogen) atoms. The lowest BCUT2D eigenvalue weighted by Crippen LogP contribution is -2.53. The molecule has 0 saturated carbocycles. The molecule has 1 fully saturated rings. The highest BCUT2D eigenvalue weighted by atomic mass is 16.6. The molecule has 0 aromatic rings. The van der Waals surface area contributed by atoms with Crippen LogP contribution in [0.15, 0.2) is 0 Å². The van der Waals surface area contributed by atoms with E-state index >= 15 is 0 Å². The number of hydrogen-bond donors (Lipinski definition) is 2. The first-order valence-corrected chi connectivity index (χ1v) is 12.5. The summed E-state index contributed by atoms with van der Waals surface area (Å²) in [6.45, 7) is 11.3. The molecule has 0 aliphatic carbocycles. The molecule has 2 N–H and O–H groups in total. The molecule has 1 saturated heterocycles. The summed E-state index contributed by atoms with van der Waals surface area (Å²) in [4.78, 5) is 14.1. The van der Waals surface area contributed by atoms with E-state index in [1.165, 1.54) is 56.3 Å². The molecule has 3 atom stereocenters. The molecular formula is C26H47NO5. The Hall–Kier alpha value is -1.29. The van der Waals surface area contributed by atoms with E-state index in [2.05, 4.69) is 18.8 Å². The summed E-state index contributed by atoms with van der Waals surface area (Å²) in [7, 11) is 0. The van der Waals surface area contributed by atoms with Crippen LogP contribution in [-0.4, -0.2) is 57.4 Å². The number of aliphatic hydroxyl groups is 2. The maximum atomic E-state index is 12.7. The van der Waals surface area contributed by atoms with Crippen LogP contribution < -0.4 is 0 Å². The topological polar surface area (TPSA) is 79.2 Å². The molecule has 1 aliphatic heterocycles. The molecule has 1 amide bonds. The largest absolute Gasteiger partial charge is 0.444 e. The lowest BCUT2D eigenvalue weighted by atomic mass is 10.0. The van der Waals surface area contributed by atoms with Gasteiger partial charge in [-0.3, -0.25) is 4.90 Å². The minimum atomic E-state index is -1.12. The van der Waals surface area contributed by atoms with Crippen molar-refractivity contribution in [2.45, 2.75) is 142 Å². The van der Waals surface area contributed by atoms with E-state index in [9.17, 15) is 15.0 Å². The van der Waals surface area contributed by atoms with Crippen LogP contribution in [0.25, 0.3) is 0 Å². The number of carbonyl (C=O) groups excluding carboxylic acids is 1. The van der Waals surface area contributed by atoms with Crippen molar-refractivity contribution in [3.8, 4) is 11.8 Å². The number of hydrogen-bond acceptors (Lipinski definition) is 5. The number of aliphatic hydroxyl groups excluding tert-OH is 2. The van der Waals surface area contributed by atoms with Gasteiger partial charge in [-0.2, -0.15) is 0 Å². The molecule has 0 aromatic heterocycles. The third-order valence-corrected chi connectivity index (χ3v) is 5.70. The molecule has 1 rings (SSSR count). The first kappa shape index (κ1) is 28.7. The van der Waals surface area contributed by atoms with Crippen LogP contribution in [0.2, 0.25) is 0 Å². The average Bonchev–Trinajstić information content (AvgIpc) is 3.01. The van der Waals surface area contributed by atoms with Crippen LogP contribution in [0.3, 0.4) is 0 Å². The fourth-order valence-electron chi connectivity index (χ4n) is 3.91. The highest BCUT2D eigenvalue weighted by molar-refractivity contribution is 5.70. The standard InChI is InChI=1S/C26H47NO5/c1-7-8-9-10-11-12-13-14-15-16-17-21(28)18-19-23(29)22-20-31-26(5,6)27(22)24(30)32-25(2,3)4/h21-23,28-29H,7-17,20H2,1-6H3/t21-,22+,23-/m1/s1. The number of rotatable bonds is 12. The van der Waals surface area contributed by atoms with E-state index < -0.39 is 35.7 Å². The summed E-state index contributed by atoms with van der Waals surface area (Å²) >= 11 is 0. The van der Waals surface area contributed by atoms with Crippen molar-refractivity contribution in [1.82, 2.24) is 4.90 Å². The fraction of sp³-hybridized carbons (Fsp3) is 0.885. The molecule has 6 heteroatoms. The second-order valence-electron chi connectivity index (χ2n) is 10.4. The van der Waals surface area contributed by atoms with Crippen molar-refractivity contribution in [2.75, 3.05) is 6.61 Å². The highest BCUT2D eigenvalue weighted by Crippen LogP contribution is 2.30. The Morgan fingerprint density at radius 2 is 1.56 bits per heavy atom. The Balaban J connectivity index is 2.39. The molecule has 0 spiro atoms. The van der Waals surface area contributed by atoms with E-state index in [0.717, 1.165) is 12.8 Å². The number of amides is 1. The molecule has 0 aromatic carbocycles. The third kappa shape index (κ3) is 11.0. The predicted octanol–water partition coefficient (Wildman–Crippen LogP) is 5.39. The van der Waals surface area contributed by atoms with E-state index in [1.807, 2.05) is 0 Å². The third-order valence-electron chi connectivity index (χ3n) is 5.70. The van der Waals surface area contributed by atoms with Gasteiger partial charge in [0.2, 0.25) is 0 Å². The van der Waals surface area contributed by atoms with Crippen LogP contribution in [0.1, 0.15) is 112 Å². The van der Waals surface area contributed by atoms with Crippen molar-refractivity contribution in [3.05, 3.63) is 0 Å². The van der Waals surface area contributed by atoms with Gasteiger partial charge in [-0.15, -0.1) is 0 Å². The molecule has 1 heterocycles. The summed E-state index contributed by atoms with van der Waals surface area (Å²) < 4.78 is 11.2. The lowest BCUT2D eigenvalue weighted by molar-refractivity contribution is -0.0658.